The van der Waals surface area contributed by atoms with Gasteiger partial charge in [0.05, 0.1) is 6.61 Å². The Balaban J connectivity index is 1.18. The first-order valence-corrected chi connectivity index (χ1v) is 12.0. The lowest BCUT2D eigenvalue weighted by Crippen LogP contribution is -2.24. The number of pyridine rings is 1. The van der Waals surface area contributed by atoms with Crippen LogP contribution in [0.2, 0.25) is 0 Å². The molecule has 0 saturated carbocycles. The fraction of sp³-hybridized carbons (Fsp3) is 0.400. The molecular formula is C25H28N2O3S. The van der Waals surface area contributed by atoms with Crippen LogP contribution in [0.25, 0.3) is 11.1 Å². The molecule has 2 atom stereocenters. The van der Waals surface area contributed by atoms with Gasteiger partial charge in [0.15, 0.2) is 6.29 Å². The average Bonchev–Trinajstić information content (AvgIpc) is 3.48. The Kier molecular flexibility index (Phi) is 6.48. The van der Waals surface area contributed by atoms with Crippen LogP contribution in [-0.2, 0) is 15.9 Å². The lowest BCUT2D eigenvalue weighted by molar-refractivity contribution is -0.165. The second kappa shape index (κ2) is 9.81. The van der Waals surface area contributed by atoms with Gasteiger partial charge < -0.3 is 19.5 Å². The van der Waals surface area contributed by atoms with E-state index in [-0.39, 0.29) is 6.29 Å². The Hall–Kier alpha value is -2.41. The van der Waals surface area contributed by atoms with E-state index >= 15 is 0 Å². The summed E-state index contributed by atoms with van der Waals surface area (Å²) >= 11 is 1.72. The van der Waals surface area contributed by atoms with Crippen molar-refractivity contribution in [2.75, 3.05) is 31.7 Å². The van der Waals surface area contributed by atoms with Gasteiger partial charge in [0.2, 0.25) is 0 Å². The Morgan fingerprint density at radius 3 is 3.00 bits per heavy atom. The first-order chi connectivity index (χ1) is 15.3. The number of hydrogen-bond acceptors (Lipinski definition) is 6. The molecule has 3 aromatic rings. The number of benzene rings is 1. The van der Waals surface area contributed by atoms with E-state index in [4.69, 9.17) is 14.2 Å². The molecule has 2 aliphatic rings. The van der Waals surface area contributed by atoms with Gasteiger partial charge in [-0.2, -0.15) is 11.3 Å². The fourth-order valence-electron chi connectivity index (χ4n) is 4.27. The van der Waals surface area contributed by atoms with E-state index in [0.717, 1.165) is 44.0 Å². The summed E-state index contributed by atoms with van der Waals surface area (Å²) in [6.07, 6.45) is 6.15. The van der Waals surface area contributed by atoms with Crippen LogP contribution in [0.5, 0.6) is 5.75 Å². The highest BCUT2D eigenvalue weighted by Gasteiger charge is 2.24. The van der Waals surface area contributed by atoms with Crippen molar-refractivity contribution in [3.63, 3.8) is 0 Å². The van der Waals surface area contributed by atoms with Crippen molar-refractivity contribution in [2.45, 2.75) is 37.9 Å². The van der Waals surface area contributed by atoms with Crippen molar-refractivity contribution < 1.29 is 14.2 Å². The van der Waals surface area contributed by atoms with Crippen LogP contribution < -0.4 is 10.1 Å². The highest BCUT2D eigenvalue weighted by molar-refractivity contribution is 7.08. The second-order valence-electron chi connectivity index (χ2n) is 8.12. The van der Waals surface area contributed by atoms with Crippen LogP contribution in [0.4, 0.5) is 5.82 Å². The minimum Gasteiger partial charge on any atom is -0.491 e. The van der Waals surface area contributed by atoms with Crippen molar-refractivity contribution in [2.24, 2.45) is 0 Å². The van der Waals surface area contributed by atoms with E-state index in [1.54, 1.807) is 11.3 Å². The molecule has 5 rings (SSSR count). The lowest BCUT2D eigenvalue weighted by Gasteiger charge is -2.22. The molecule has 0 bridgehead atoms. The number of nitrogens with one attached hydrogen (secondary N) is 1. The van der Waals surface area contributed by atoms with Gasteiger partial charge in [-0.25, -0.2) is 4.98 Å². The number of rotatable bonds is 8. The summed E-state index contributed by atoms with van der Waals surface area (Å²) in [6, 6.07) is 12.8. The normalized spacial score (nSPS) is 20.3. The molecule has 0 amide bonds. The van der Waals surface area contributed by atoms with E-state index in [1.165, 1.54) is 28.7 Å². The zero-order chi connectivity index (χ0) is 20.9. The number of thiophene rings is 1. The average molecular weight is 437 g/mol. The van der Waals surface area contributed by atoms with Crippen LogP contribution >= 0.6 is 11.3 Å². The minimum atomic E-state index is -0.0637. The van der Waals surface area contributed by atoms with Crippen LogP contribution in [-0.4, -0.2) is 37.6 Å². The SMILES string of the molecule is c1cc(CC2CNc3ncc(-c4ccsc4)cc32)cc(OCCOC2CCCCO2)c1. The lowest BCUT2D eigenvalue weighted by atomic mass is 9.93. The van der Waals surface area contributed by atoms with Crippen molar-refractivity contribution in [1.82, 2.24) is 4.98 Å². The molecule has 4 heterocycles. The zero-order valence-corrected chi connectivity index (χ0v) is 18.4. The molecule has 2 aromatic heterocycles. The number of hydrogen-bond donors (Lipinski definition) is 1. The second-order valence-corrected chi connectivity index (χ2v) is 8.90. The Morgan fingerprint density at radius 1 is 1.13 bits per heavy atom. The molecule has 5 nitrogen and oxygen atoms in total. The first-order valence-electron chi connectivity index (χ1n) is 11.1. The summed E-state index contributed by atoms with van der Waals surface area (Å²) in [5.74, 6) is 2.31. The molecular weight excluding hydrogens is 408 g/mol. The molecule has 0 spiro atoms. The van der Waals surface area contributed by atoms with Gasteiger partial charge in [0.1, 0.15) is 18.2 Å². The number of fused-ring (bicyclic) bond motifs is 1. The van der Waals surface area contributed by atoms with Gasteiger partial charge in [-0.15, -0.1) is 0 Å². The Bertz CT molecular complexity index is 986. The van der Waals surface area contributed by atoms with Crippen molar-refractivity contribution in [1.29, 1.82) is 0 Å². The third-order valence-electron chi connectivity index (χ3n) is 5.90. The largest absolute Gasteiger partial charge is 0.491 e. The topological polar surface area (TPSA) is 52.6 Å². The van der Waals surface area contributed by atoms with Gasteiger partial charge in [0.25, 0.3) is 0 Å². The number of nitrogens with zero attached hydrogens (tertiary/aromatic N) is 1. The quantitative estimate of drug-likeness (QED) is 0.474. The van der Waals surface area contributed by atoms with Gasteiger partial charge in [0, 0.05) is 36.4 Å². The van der Waals surface area contributed by atoms with Crippen molar-refractivity contribution >= 4 is 17.2 Å². The molecule has 162 valence electrons. The number of ether oxygens (including phenoxy) is 3. The molecule has 1 fully saturated rings. The maximum absolute atomic E-state index is 5.93. The highest BCUT2D eigenvalue weighted by atomic mass is 32.1. The summed E-state index contributed by atoms with van der Waals surface area (Å²) in [4.78, 5) is 4.66. The number of aromatic nitrogens is 1. The van der Waals surface area contributed by atoms with E-state index in [2.05, 4.69) is 51.4 Å². The van der Waals surface area contributed by atoms with Crippen LogP contribution in [0.3, 0.4) is 0 Å². The first kappa shape index (κ1) is 20.5. The molecule has 0 aliphatic carbocycles. The fourth-order valence-corrected chi connectivity index (χ4v) is 4.93. The summed E-state index contributed by atoms with van der Waals surface area (Å²) in [6.45, 7) is 2.80. The number of anilines is 1. The van der Waals surface area contributed by atoms with E-state index in [1.807, 2.05) is 12.3 Å². The summed E-state index contributed by atoms with van der Waals surface area (Å²) in [7, 11) is 0. The van der Waals surface area contributed by atoms with Gasteiger partial charge >= 0.3 is 0 Å². The molecule has 31 heavy (non-hydrogen) atoms. The van der Waals surface area contributed by atoms with E-state index in [0.29, 0.717) is 19.1 Å². The molecule has 1 aromatic carbocycles. The molecule has 6 heteroatoms. The Morgan fingerprint density at radius 2 is 2.13 bits per heavy atom. The summed E-state index contributed by atoms with van der Waals surface area (Å²) < 4.78 is 17.3. The molecule has 1 saturated heterocycles. The molecule has 0 radical (unpaired) electrons. The molecule has 2 unspecified atom stereocenters. The van der Waals surface area contributed by atoms with Gasteiger partial charge in [-0.1, -0.05) is 12.1 Å². The standard InChI is InChI=1S/C25H28N2O3S/c1-2-8-29-24(6-1)30-10-9-28-22-5-3-4-18(13-22)12-21-16-27-25-23(21)14-20(15-26-25)19-7-11-31-17-19/h3-5,7,11,13-15,17,21,24H,1-2,6,8-10,12,16H2,(H,26,27). The van der Waals surface area contributed by atoms with E-state index in [9.17, 15) is 0 Å². The van der Waals surface area contributed by atoms with Crippen LogP contribution in [0.15, 0.2) is 53.4 Å². The third-order valence-corrected chi connectivity index (χ3v) is 6.58. The third kappa shape index (κ3) is 5.09. The van der Waals surface area contributed by atoms with Crippen LogP contribution in [0.1, 0.15) is 36.3 Å². The predicted octanol–water partition coefficient (Wildman–Crippen LogP) is 5.48. The van der Waals surface area contributed by atoms with Crippen LogP contribution in [0, 0.1) is 0 Å². The smallest absolute Gasteiger partial charge is 0.157 e. The van der Waals surface area contributed by atoms with Gasteiger partial charge in [-0.3, -0.25) is 0 Å². The summed E-state index contributed by atoms with van der Waals surface area (Å²) in [5, 5.41) is 7.74. The van der Waals surface area contributed by atoms with Crippen molar-refractivity contribution in [3.8, 4) is 16.9 Å². The maximum atomic E-state index is 5.93. The van der Waals surface area contributed by atoms with Crippen molar-refractivity contribution in [3.05, 3.63) is 64.5 Å². The summed E-state index contributed by atoms with van der Waals surface area (Å²) in [5.41, 5.74) is 5.00. The van der Waals surface area contributed by atoms with E-state index < -0.39 is 0 Å². The molecule has 1 N–H and O–H groups in total. The zero-order valence-electron chi connectivity index (χ0n) is 17.6. The predicted molar refractivity (Wildman–Crippen MR) is 124 cm³/mol. The highest BCUT2D eigenvalue weighted by Crippen LogP contribution is 2.35. The Labute approximate surface area is 187 Å². The monoisotopic (exact) mass is 436 g/mol. The maximum Gasteiger partial charge on any atom is 0.157 e. The minimum absolute atomic E-state index is 0.0637. The van der Waals surface area contributed by atoms with Gasteiger partial charge in [-0.05, 0) is 71.8 Å². The molecule has 2 aliphatic heterocycles.